The Bertz CT molecular complexity index is 393. The van der Waals surface area contributed by atoms with Crippen molar-refractivity contribution in [2.24, 2.45) is 0 Å². The number of aromatic nitrogens is 2. The van der Waals surface area contributed by atoms with Gasteiger partial charge in [0.1, 0.15) is 0 Å². The number of aliphatic hydroxyl groups excluding tert-OH is 2. The molecule has 1 rings (SSSR count). The van der Waals surface area contributed by atoms with Gasteiger partial charge in [-0.15, -0.1) is 0 Å². The summed E-state index contributed by atoms with van der Waals surface area (Å²) in [5.74, 6) is -0.420. The molecule has 0 aliphatic heterocycles. The van der Waals surface area contributed by atoms with E-state index in [0.29, 0.717) is 4.73 Å². The molecule has 9 nitrogen and oxygen atoms in total. The number of hydrogen-bond acceptors (Lipinski definition) is 8. The molecule has 0 unspecified atom stereocenters. The van der Waals surface area contributed by atoms with Gasteiger partial charge in [-0.05, 0) is 0 Å². The van der Waals surface area contributed by atoms with Crippen LogP contribution in [-0.2, 0) is 0 Å². The lowest BCUT2D eigenvalue weighted by Gasteiger charge is -2.22. The molecule has 0 atom stereocenters. The molecule has 17 heavy (non-hydrogen) atoms. The monoisotopic (exact) mass is 244 g/mol. The SMILES string of the molecule is Nc1nc(N(CCO)CCO)[n+]([O-])c(N)c1N. The number of nitrogen functional groups attached to an aromatic ring is 3. The Kier molecular flexibility index (Phi) is 4.12. The summed E-state index contributed by atoms with van der Waals surface area (Å²) in [6.07, 6.45) is 0. The molecular formula is C8H16N6O3. The topological polar surface area (TPSA) is 162 Å². The molecule has 0 aliphatic rings. The molecule has 0 saturated carbocycles. The molecule has 8 N–H and O–H groups in total. The Morgan fingerprint density at radius 1 is 1.18 bits per heavy atom. The summed E-state index contributed by atoms with van der Waals surface area (Å²) in [6, 6.07) is 0. The molecule has 0 bridgehead atoms. The van der Waals surface area contributed by atoms with Gasteiger partial charge in [0.25, 0.3) is 0 Å². The van der Waals surface area contributed by atoms with Gasteiger partial charge in [-0.25, -0.2) is 4.73 Å². The second-order valence-electron chi connectivity index (χ2n) is 3.32. The van der Waals surface area contributed by atoms with E-state index in [4.69, 9.17) is 27.4 Å². The van der Waals surface area contributed by atoms with Crippen LogP contribution in [0.15, 0.2) is 0 Å². The van der Waals surface area contributed by atoms with Crippen LogP contribution in [0.25, 0.3) is 0 Å². The van der Waals surface area contributed by atoms with Crippen molar-refractivity contribution in [3.63, 3.8) is 0 Å². The minimum atomic E-state index is -0.256. The van der Waals surface area contributed by atoms with E-state index < -0.39 is 0 Å². The molecule has 0 spiro atoms. The standard InChI is InChI=1S/C8H16N6O3/c9-5-6(10)12-8(14(17)7(5)11)13(1-3-15)2-4-16/h15-16H,1-4,9,11H2,(H2,10,12). The van der Waals surface area contributed by atoms with Crippen LogP contribution in [0.2, 0.25) is 0 Å². The Hall–Kier alpha value is -2.00. The van der Waals surface area contributed by atoms with Crippen LogP contribution in [-0.4, -0.2) is 41.5 Å². The number of nitrogens with two attached hydrogens (primary N) is 3. The van der Waals surface area contributed by atoms with Gasteiger partial charge in [-0.1, -0.05) is 4.98 Å². The fourth-order valence-corrected chi connectivity index (χ4v) is 1.31. The maximum atomic E-state index is 11.7. The molecule has 1 aromatic rings. The zero-order valence-corrected chi connectivity index (χ0v) is 9.20. The lowest BCUT2D eigenvalue weighted by molar-refractivity contribution is -0.578. The van der Waals surface area contributed by atoms with Crippen molar-refractivity contribution in [1.82, 2.24) is 4.98 Å². The summed E-state index contributed by atoms with van der Waals surface area (Å²) in [4.78, 5) is 5.16. The first kappa shape index (κ1) is 13.1. The van der Waals surface area contributed by atoms with E-state index in [9.17, 15) is 5.21 Å². The highest BCUT2D eigenvalue weighted by atomic mass is 16.5. The molecule has 0 aliphatic carbocycles. The van der Waals surface area contributed by atoms with Crippen LogP contribution in [0, 0.1) is 5.21 Å². The molecular weight excluding hydrogens is 228 g/mol. The Morgan fingerprint density at radius 3 is 2.18 bits per heavy atom. The minimum absolute atomic E-state index is 0.0644. The molecule has 0 radical (unpaired) electrons. The highest BCUT2D eigenvalue weighted by Crippen LogP contribution is 2.19. The van der Waals surface area contributed by atoms with E-state index in [2.05, 4.69) is 4.98 Å². The van der Waals surface area contributed by atoms with E-state index in [0.717, 1.165) is 0 Å². The van der Waals surface area contributed by atoms with E-state index in [1.807, 2.05) is 0 Å². The van der Waals surface area contributed by atoms with Crippen LogP contribution >= 0.6 is 0 Å². The minimum Gasteiger partial charge on any atom is -0.754 e. The van der Waals surface area contributed by atoms with Gasteiger partial charge in [0.2, 0.25) is 11.6 Å². The van der Waals surface area contributed by atoms with E-state index in [-0.39, 0.29) is 49.6 Å². The summed E-state index contributed by atoms with van der Waals surface area (Å²) < 4.78 is 0.316. The Labute approximate surface area is 97.7 Å². The van der Waals surface area contributed by atoms with Crippen molar-refractivity contribution < 1.29 is 14.9 Å². The average molecular weight is 244 g/mol. The fraction of sp³-hybridized carbons (Fsp3) is 0.500. The number of nitrogens with zero attached hydrogens (tertiary/aromatic N) is 3. The molecule has 0 fully saturated rings. The van der Waals surface area contributed by atoms with Gasteiger partial charge in [0, 0.05) is 0 Å². The van der Waals surface area contributed by atoms with Crippen molar-refractivity contribution in [2.75, 3.05) is 48.4 Å². The Morgan fingerprint density at radius 2 is 1.71 bits per heavy atom. The molecule has 9 heteroatoms. The second kappa shape index (κ2) is 5.37. The summed E-state index contributed by atoms with van der Waals surface area (Å²) in [5, 5.41) is 29.4. The quantitative estimate of drug-likeness (QED) is 0.275. The third-order valence-corrected chi connectivity index (χ3v) is 2.20. The summed E-state index contributed by atoms with van der Waals surface area (Å²) in [5.41, 5.74) is 16.3. The maximum Gasteiger partial charge on any atom is 0.351 e. The third kappa shape index (κ3) is 2.57. The van der Waals surface area contributed by atoms with E-state index >= 15 is 0 Å². The summed E-state index contributed by atoms with van der Waals surface area (Å²) >= 11 is 0. The third-order valence-electron chi connectivity index (χ3n) is 2.20. The van der Waals surface area contributed by atoms with Gasteiger partial charge in [-0.2, -0.15) is 0 Å². The number of aliphatic hydroxyl groups is 2. The lowest BCUT2D eigenvalue weighted by Crippen LogP contribution is -2.44. The Balaban J connectivity index is 3.18. The fourth-order valence-electron chi connectivity index (χ4n) is 1.31. The van der Waals surface area contributed by atoms with Crippen LogP contribution in [0.4, 0.5) is 23.3 Å². The van der Waals surface area contributed by atoms with Gasteiger partial charge >= 0.3 is 5.95 Å². The zero-order valence-electron chi connectivity index (χ0n) is 9.20. The van der Waals surface area contributed by atoms with Gasteiger partial charge < -0.3 is 32.6 Å². The predicted molar refractivity (Wildman–Crippen MR) is 62.8 cm³/mol. The van der Waals surface area contributed by atoms with Crippen molar-refractivity contribution in [1.29, 1.82) is 0 Å². The van der Waals surface area contributed by atoms with Crippen molar-refractivity contribution in [2.45, 2.75) is 0 Å². The van der Waals surface area contributed by atoms with Crippen molar-refractivity contribution in [3.05, 3.63) is 5.21 Å². The highest BCUT2D eigenvalue weighted by Gasteiger charge is 2.21. The first-order valence-electron chi connectivity index (χ1n) is 4.93. The number of hydrogen-bond donors (Lipinski definition) is 5. The van der Waals surface area contributed by atoms with E-state index in [1.165, 1.54) is 4.90 Å². The summed E-state index contributed by atoms with van der Waals surface area (Å²) in [6.45, 7) is -0.158. The van der Waals surface area contributed by atoms with Gasteiger partial charge in [-0.3, -0.25) is 4.90 Å². The molecule has 0 saturated heterocycles. The predicted octanol–water partition coefficient (Wildman–Crippen LogP) is -2.75. The first-order valence-corrected chi connectivity index (χ1v) is 4.93. The van der Waals surface area contributed by atoms with Crippen molar-refractivity contribution in [3.8, 4) is 0 Å². The smallest absolute Gasteiger partial charge is 0.351 e. The normalized spacial score (nSPS) is 10.5. The second-order valence-corrected chi connectivity index (χ2v) is 3.32. The molecule has 0 aromatic carbocycles. The first-order chi connectivity index (χ1) is 8.02. The van der Waals surface area contributed by atoms with Crippen LogP contribution in [0.3, 0.4) is 0 Å². The molecule has 96 valence electrons. The average Bonchev–Trinajstić information content (AvgIpc) is 2.31. The number of rotatable bonds is 5. The van der Waals surface area contributed by atoms with Gasteiger partial charge in [0.15, 0.2) is 5.69 Å². The van der Waals surface area contributed by atoms with E-state index in [1.54, 1.807) is 0 Å². The van der Waals surface area contributed by atoms with Crippen LogP contribution in [0.1, 0.15) is 0 Å². The lowest BCUT2D eigenvalue weighted by atomic mass is 10.4. The van der Waals surface area contributed by atoms with Crippen LogP contribution in [0.5, 0.6) is 0 Å². The maximum absolute atomic E-state index is 11.7. The van der Waals surface area contributed by atoms with Crippen LogP contribution < -0.4 is 26.8 Å². The number of anilines is 4. The van der Waals surface area contributed by atoms with Gasteiger partial charge in [0.05, 0.1) is 26.3 Å². The van der Waals surface area contributed by atoms with Crippen molar-refractivity contribution >= 4 is 23.3 Å². The summed E-state index contributed by atoms with van der Waals surface area (Å²) in [7, 11) is 0. The largest absolute Gasteiger partial charge is 0.754 e. The zero-order chi connectivity index (χ0) is 13.0. The highest BCUT2D eigenvalue weighted by molar-refractivity contribution is 5.69. The molecule has 1 aromatic heterocycles. The molecule has 0 amide bonds. The molecule has 1 heterocycles.